The molecule has 8 heteroatoms. The second-order valence-electron chi connectivity index (χ2n) is 6.97. The Hall–Kier alpha value is -3.55. The number of hydrogen-bond donors (Lipinski definition) is 1. The van der Waals surface area contributed by atoms with Crippen molar-refractivity contribution in [2.45, 2.75) is 26.1 Å². The zero-order valence-corrected chi connectivity index (χ0v) is 15.9. The van der Waals surface area contributed by atoms with Crippen LogP contribution in [0.3, 0.4) is 0 Å². The molecule has 0 unspecified atom stereocenters. The Bertz CT molecular complexity index is 1220. The van der Waals surface area contributed by atoms with Gasteiger partial charge in [-0.25, -0.2) is 4.98 Å². The Balaban J connectivity index is 1.66. The Labute approximate surface area is 169 Å². The van der Waals surface area contributed by atoms with Gasteiger partial charge in [-0.15, -0.1) is 0 Å². The van der Waals surface area contributed by atoms with Crippen molar-refractivity contribution in [3.63, 3.8) is 0 Å². The lowest BCUT2D eigenvalue weighted by atomic mass is 10.1. The number of rotatable bonds is 5. The summed E-state index contributed by atoms with van der Waals surface area (Å²) in [4.78, 5) is 15.5. The number of aliphatic carboxylic acids is 1. The summed E-state index contributed by atoms with van der Waals surface area (Å²) in [6.07, 6.45) is -2.66. The van der Waals surface area contributed by atoms with Gasteiger partial charge in [0.25, 0.3) is 0 Å². The smallest absolute Gasteiger partial charge is 0.416 e. The van der Waals surface area contributed by atoms with Crippen molar-refractivity contribution in [1.29, 1.82) is 0 Å². The fraction of sp³-hybridized carbons (Fsp3) is 0.182. The van der Waals surface area contributed by atoms with Crippen molar-refractivity contribution in [3.8, 4) is 11.5 Å². The van der Waals surface area contributed by atoms with Crippen LogP contribution in [0.15, 0.2) is 59.1 Å². The fourth-order valence-corrected chi connectivity index (χ4v) is 3.43. The minimum absolute atomic E-state index is 0.104. The number of aromatic nitrogens is 2. The van der Waals surface area contributed by atoms with Gasteiger partial charge in [-0.3, -0.25) is 4.79 Å². The molecule has 0 saturated carbocycles. The van der Waals surface area contributed by atoms with Crippen LogP contribution < -0.4 is 0 Å². The highest BCUT2D eigenvalue weighted by Gasteiger charge is 2.30. The molecule has 0 amide bonds. The summed E-state index contributed by atoms with van der Waals surface area (Å²) in [5.74, 6) is -0.137. The molecule has 0 atom stereocenters. The van der Waals surface area contributed by atoms with Crippen LogP contribution in [-0.4, -0.2) is 20.6 Å². The van der Waals surface area contributed by atoms with Gasteiger partial charge in [0.1, 0.15) is 5.76 Å². The molecule has 154 valence electrons. The van der Waals surface area contributed by atoms with E-state index >= 15 is 0 Å². The van der Waals surface area contributed by atoms with E-state index in [-0.39, 0.29) is 12.3 Å². The number of alkyl halides is 3. The molecule has 30 heavy (non-hydrogen) atoms. The van der Waals surface area contributed by atoms with Gasteiger partial charge >= 0.3 is 12.1 Å². The molecule has 4 aromatic rings. The first-order chi connectivity index (χ1) is 14.2. The van der Waals surface area contributed by atoms with Gasteiger partial charge in [-0.2, -0.15) is 13.2 Å². The minimum atomic E-state index is -4.40. The van der Waals surface area contributed by atoms with Gasteiger partial charge in [-0.1, -0.05) is 18.2 Å². The summed E-state index contributed by atoms with van der Waals surface area (Å²) in [5.41, 5.74) is 1.81. The number of nitrogens with zero attached hydrogens (tertiary/aromatic N) is 2. The number of oxazole rings is 1. The van der Waals surface area contributed by atoms with Crippen LogP contribution in [0.2, 0.25) is 0 Å². The number of para-hydroxylation sites is 1. The number of halogens is 3. The summed E-state index contributed by atoms with van der Waals surface area (Å²) < 4.78 is 46.0. The monoisotopic (exact) mass is 414 g/mol. The van der Waals surface area contributed by atoms with Crippen LogP contribution in [0.25, 0.3) is 22.4 Å². The van der Waals surface area contributed by atoms with Gasteiger partial charge < -0.3 is 14.1 Å². The lowest BCUT2D eigenvalue weighted by Crippen LogP contribution is -2.05. The number of aryl methyl sites for hydroxylation is 1. The van der Waals surface area contributed by atoms with Crippen LogP contribution in [0.4, 0.5) is 13.2 Å². The predicted molar refractivity (Wildman–Crippen MR) is 104 cm³/mol. The lowest BCUT2D eigenvalue weighted by molar-refractivity contribution is -0.138. The molecule has 1 N–H and O–H groups in total. The Morgan fingerprint density at radius 1 is 1.13 bits per heavy atom. The zero-order valence-electron chi connectivity index (χ0n) is 15.9. The Kier molecular flexibility index (Phi) is 4.85. The highest BCUT2D eigenvalue weighted by Crippen LogP contribution is 2.31. The van der Waals surface area contributed by atoms with Gasteiger partial charge in [0.05, 0.1) is 29.7 Å². The van der Waals surface area contributed by atoms with Crippen molar-refractivity contribution in [1.82, 2.24) is 9.55 Å². The first-order valence-electron chi connectivity index (χ1n) is 9.15. The highest BCUT2D eigenvalue weighted by molar-refractivity contribution is 5.86. The van der Waals surface area contributed by atoms with E-state index in [1.165, 1.54) is 12.1 Å². The number of carboxylic acids is 1. The molecule has 0 aliphatic carbocycles. The van der Waals surface area contributed by atoms with Crippen LogP contribution in [0.5, 0.6) is 0 Å². The largest absolute Gasteiger partial charge is 0.481 e. The van der Waals surface area contributed by atoms with Crippen molar-refractivity contribution in [2.75, 3.05) is 0 Å². The summed E-state index contributed by atoms with van der Waals surface area (Å²) in [6, 6.07) is 12.0. The number of carbonyl (C=O) groups is 1. The molecule has 5 nitrogen and oxygen atoms in total. The quantitative estimate of drug-likeness (QED) is 0.481. The average molecular weight is 414 g/mol. The van der Waals surface area contributed by atoms with Gasteiger partial charge in [0, 0.05) is 11.8 Å². The standard InChI is InChI=1S/C22H17F3N2O3/c1-13-18(30-21(26-13)15-5-7-17(8-6-15)22(23,24)25)12-27-10-9-14-3-2-4-16(20(14)27)11-19(28)29/h2-10H,11-12H2,1H3,(H,28,29). The summed E-state index contributed by atoms with van der Waals surface area (Å²) in [7, 11) is 0. The average Bonchev–Trinajstić information content (AvgIpc) is 3.26. The molecule has 0 aliphatic rings. The zero-order chi connectivity index (χ0) is 21.5. The Morgan fingerprint density at radius 2 is 1.87 bits per heavy atom. The van der Waals surface area contributed by atoms with Crippen molar-refractivity contribution in [2.24, 2.45) is 0 Å². The molecule has 2 heterocycles. The van der Waals surface area contributed by atoms with E-state index in [1.807, 2.05) is 29.0 Å². The van der Waals surface area contributed by atoms with E-state index in [2.05, 4.69) is 4.98 Å². The summed E-state index contributed by atoms with van der Waals surface area (Å²) in [5, 5.41) is 10.1. The summed E-state index contributed by atoms with van der Waals surface area (Å²) in [6.45, 7) is 2.08. The number of fused-ring (bicyclic) bond motifs is 1. The normalized spacial score (nSPS) is 11.9. The van der Waals surface area contributed by atoms with E-state index in [1.54, 1.807) is 13.0 Å². The third-order valence-electron chi connectivity index (χ3n) is 4.88. The SMILES string of the molecule is Cc1nc(-c2ccc(C(F)(F)F)cc2)oc1Cn1ccc2cccc(CC(=O)O)c21. The third kappa shape index (κ3) is 3.80. The van der Waals surface area contributed by atoms with E-state index in [4.69, 9.17) is 4.42 Å². The van der Waals surface area contributed by atoms with Crippen molar-refractivity contribution >= 4 is 16.9 Å². The maximum atomic E-state index is 12.8. The van der Waals surface area contributed by atoms with Crippen LogP contribution in [0.1, 0.15) is 22.6 Å². The van der Waals surface area contributed by atoms with E-state index < -0.39 is 17.7 Å². The molecule has 0 fully saturated rings. The van der Waals surface area contributed by atoms with E-state index in [9.17, 15) is 23.1 Å². The minimum Gasteiger partial charge on any atom is -0.481 e. The maximum absolute atomic E-state index is 12.8. The number of carboxylic acid groups (broad SMARTS) is 1. The Morgan fingerprint density at radius 3 is 2.53 bits per heavy atom. The molecule has 0 saturated heterocycles. The predicted octanol–water partition coefficient (Wildman–Crippen LogP) is 5.30. The van der Waals surface area contributed by atoms with Crippen LogP contribution in [0, 0.1) is 6.92 Å². The fourth-order valence-electron chi connectivity index (χ4n) is 3.43. The van der Waals surface area contributed by atoms with E-state index in [0.29, 0.717) is 29.1 Å². The van der Waals surface area contributed by atoms with Crippen molar-refractivity contribution < 1.29 is 27.5 Å². The molecule has 0 aliphatic heterocycles. The van der Waals surface area contributed by atoms with Crippen molar-refractivity contribution in [3.05, 3.63) is 77.3 Å². The lowest BCUT2D eigenvalue weighted by Gasteiger charge is -2.08. The molecule has 0 bridgehead atoms. The second kappa shape index (κ2) is 7.37. The van der Waals surface area contributed by atoms with Gasteiger partial charge in [0.2, 0.25) is 5.89 Å². The molecular weight excluding hydrogens is 397 g/mol. The summed E-state index contributed by atoms with van der Waals surface area (Å²) >= 11 is 0. The maximum Gasteiger partial charge on any atom is 0.416 e. The van der Waals surface area contributed by atoms with Crippen LogP contribution in [-0.2, 0) is 23.9 Å². The molecule has 2 aromatic heterocycles. The van der Waals surface area contributed by atoms with Gasteiger partial charge in [-0.05, 0) is 48.2 Å². The molecule has 4 rings (SSSR count). The van der Waals surface area contributed by atoms with Crippen LogP contribution >= 0.6 is 0 Å². The number of hydrogen-bond acceptors (Lipinski definition) is 3. The first kappa shape index (κ1) is 19.8. The molecule has 0 spiro atoms. The molecular formula is C22H17F3N2O3. The molecule has 2 aromatic carbocycles. The first-order valence-corrected chi connectivity index (χ1v) is 9.15. The second-order valence-corrected chi connectivity index (χ2v) is 6.97. The number of benzene rings is 2. The third-order valence-corrected chi connectivity index (χ3v) is 4.88. The van der Waals surface area contributed by atoms with Gasteiger partial charge in [0.15, 0.2) is 0 Å². The van der Waals surface area contributed by atoms with E-state index in [0.717, 1.165) is 23.0 Å². The highest BCUT2D eigenvalue weighted by atomic mass is 19.4. The topological polar surface area (TPSA) is 68.3 Å². The molecule has 0 radical (unpaired) electrons.